The molecule has 0 radical (unpaired) electrons. The number of carbonyl (C=O) groups is 2. The van der Waals surface area contributed by atoms with Gasteiger partial charge < -0.3 is 15.8 Å². The quantitative estimate of drug-likeness (QED) is 0.155. The number of aliphatic imine (C=N–C) groups is 1. The Morgan fingerprint density at radius 2 is 1.87 bits per heavy atom. The number of ether oxygens (including phenoxy) is 1. The molecule has 1 saturated carbocycles. The number of halogens is 1. The SMILES string of the molecule is I.NC(=NCCCN1C(=O)C2C3C=CC(C3)C2C1=O)NC1CCOc2ccccc21. The molecule has 3 N–H and O–H groups in total. The van der Waals surface area contributed by atoms with Crippen LogP contribution in [0.3, 0.4) is 0 Å². The first-order valence-electron chi connectivity index (χ1n) is 10.4. The maximum Gasteiger partial charge on any atom is 0.233 e. The van der Waals surface area contributed by atoms with E-state index in [0.29, 0.717) is 32.1 Å². The van der Waals surface area contributed by atoms with Crippen molar-refractivity contribution in [2.75, 3.05) is 19.7 Å². The van der Waals surface area contributed by atoms with Gasteiger partial charge in [-0.05, 0) is 30.7 Å². The van der Waals surface area contributed by atoms with Crippen LogP contribution < -0.4 is 15.8 Å². The lowest BCUT2D eigenvalue weighted by Gasteiger charge is -2.27. The molecule has 2 aliphatic heterocycles. The molecule has 0 aromatic heterocycles. The van der Waals surface area contributed by atoms with E-state index in [1.165, 1.54) is 4.90 Å². The number of hydrogen-bond donors (Lipinski definition) is 2. The van der Waals surface area contributed by atoms with Gasteiger partial charge in [0.2, 0.25) is 11.8 Å². The normalized spacial score (nSPS) is 31.3. The van der Waals surface area contributed by atoms with Crippen molar-refractivity contribution in [1.82, 2.24) is 10.2 Å². The summed E-state index contributed by atoms with van der Waals surface area (Å²) in [7, 11) is 0. The van der Waals surface area contributed by atoms with Gasteiger partial charge in [-0.15, -0.1) is 24.0 Å². The third-order valence-electron chi connectivity index (χ3n) is 6.66. The molecular weight excluding hydrogens is 495 g/mol. The second-order valence-electron chi connectivity index (χ2n) is 8.32. The van der Waals surface area contributed by atoms with Crippen molar-refractivity contribution in [3.63, 3.8) is 0 Å². The van der Waals surface area contributed by atoms with Crippen LogP contribution in [0.15, 0.2) is 41.4 Å². The lowest BCUT2D eigenvalue weighted by molar-refractivity contribution is -0.140. The summed E-state index contributed by atoms with van der Waals surface area (Å²) in [5.74, 6) is 1.53. The van der Waals surface area contributed by atoms with Gasteiger partial charge in [0.25, 0.3) is 0 Å². The van der Waals surface area contributed by atoms with Crippen molar-refractivity contribution >= 4 is 41.8 Å². The minimum atomic E-state index is -0.124. The monoisotopic (exact) mass is 522 g/mol. The van der Waals surface area contributed by atoms with Crippen molar-refractivity contribution in [3.05, 3.63) is 42.0 Å². The number of carbonyl (C=O) groups excluding carboxylic acids is 2. The number of nitrogens with one attached hydrogen (secondary N) is 1. The van der Waals surface area contributed by atoms with Crippen LogP contribution in [0.1, 0.15) is 30.9 Å². The zero-order valence-corrected chi connectivity index (χ0v) is 19.0. The van der Waals surface area contributed by atoms with Crippen LogP contribution in [-0.4, -0.2) is 42.4 Å². The average molecular weight is 522 g/mol. The van der Waals surface area contributed by atoms with Crippen molar-refractivity contribution in [2.24, 2.45) is 34.4 Å². The molecule has 7 nitrogen and oxygen atoms in total. The standard InChI is InChI=1S/C22H26N4O3.HI/c23-22(25-16-8-11-29-17-5-2-1-4-15(16)17)24-9-3-10-26-20(27)18-13-6-7-14(12-13)19(18)21(26)28;/h1-2,4-7,13-14,16,18-19H,3,8-12H2,(H3,23,24,25);1H. The molecule has 2 aliphatic carbocycles. The highest BCUT2D eigenvalue weighted by Gasteiger charge is 2.58. The van der Waals surface area contributed by atoms with E-state index in [-0.39, 0.29) is 65.5 Å². The van der Waals surface area contributed by atoms with Gasteiger partial charge in [0.05, 0.1) is 24.5 Å². The predicted octanol–water partition coefficient (Wildman–Crippen LogP) is 2.23. The molecule has 1 saturated heterocycles. The molecule has 2 heterocycles. The molecule has 2 bridgehead atoms. The number of fused-ring (bicyclic) bond motifs is 6. The van der Waals surface area contributed by atoms with Gasteiger partial charge in [-0.3, -0.25) is 19.5 Å². The van der Waals surface area contributed by atoms with Gasteiger partial charge in [0, 0.05) is 25.1 Å². The van der Waals surface area contributed by atoms with Gasteiger partial charge >= 0.3 is 0 Å². The van der Waals surface area contributed by atoms with Gasteiger partial charge in [-0.25, -0.2) is 0 Å². The smallest absolute Gasteiger partial charge is 0.233 e. The molecule has 2 fully saturated rings. The van der Waals surface area contributed by atoms with Crippen molar-refractivity contribution in [3.8, 4) is 5.75 Å². The van der Waals surface area contributed by atoms with Gasteiger partial charge in [-0.2, -0.15) is 0 Å². The molecule has 160 valence electrons. The van der Waals surface area contributed by atoms with E-state index in [1.54, 1.807) is 0 Å². The number of para-hydroxylation sites is 1. The number of nitrogens with zero attached hydrogens (tertiary/aromatic N) is 2. The van der Waals surface area contributed by atoms with E-state index in [9.17, 15) is 9.59 Å². The highest BCUT2D eigenvalue weighted by molar-refractivity contribution is 14.0. The van der Waals surface area contributed by atoms with E-state index in [4.69, 9.17) is 10.5 Å². The fourth-order valence-corrected chi connectivity index (χ4v) is 5.33. The molecule has 30 heavy (non-hydrogen) atoms. The number of nitrogens with two attached hydrogens (primary N) is 1. The molecule has 1 aromatic rings. The number of rotatable bonds is 5. The minimum absolute atomic E-state index is 0. The van der Waals surface area contributed by atoms with E-state index in [2.05, 4.69) is 22.5 Å². The maximum atomic E-state index is 12.7. The first-order chi connectivity index (χ1) is 14.1. The van der Waals surface area contributed by atoms with Crippen LogP contribution in [0.25, 0.3) is 0 Å². The van der Waals surface area contributed by atoms with Gasteiger partial charge in [0.1, 0.15) is 5.75 Å². The molecule has 5 unspecified atom stereocenters. The molecule has 8 heteroatoms. The molecule has 2 amide bonds. The Labute approximate surface area is 193 Å². The van der Waals surface area contributed by atoms with Crippen molar-refractivity contribution in [1.29, 1.82) is 0 Å². The number of benzene rings is 1. The summed E-state index contributed by atoms with van der Waals surface area (Å²) >= 11 is 0. The summed E-state index contributed by atoms with van der Waals surface area (Å²) in [6.07, 6.45) is 6.63. The van der Waals surface area contributed by atoms with E-state index in [1.807, 2.05) is 24.3 Å². The summed E-state index contributed by atoms with van der Waals surface area (Å²) in [5.41, 5.74) is 7.16. The summed E-state index contributed by atoms with van der Waals surface area (Å²) in [4.78, 5) is 31.2. The Kier molecular flexibility index (Phi) is 6.04. The Balaban J connectivity index is 0.00000218. The zero-order chi connectivity index (χ0) is 20.0. The predicted molar refractivity (Wildman–Crippen MR) is 123 cm³/mol. The number of amides is 2. The lowest BCUT2D eigenvalue weighted by Crippen LogP contribution is -2.37. The first kappa shape index (κ1) is 21.1. The molecule has 4 aliphatic rings. The molecule has 0 spiro atoms. The average Bonchev–Trinajstić information content (AvgIpc) is 3.41. The minimum Gasteiger partial charge on any atom is -0.493 e. The number of allylic oxidation sites excluding steroid dienone is 2. The molecule has 5 rings (SSSR count). The number of hydrogen-bond acceptors (Lipinski definition) is 4. The second-order valence-corrected chi connectivity index (χ2v) is 8.32. The fourth-order valence-electron chi connectivity index (χ4n) is 5.33. The van der Waals surface area contributed by atoms with E-state index < -0.39 is 0 Å². The number of guanidine groups is 1. The molecular formula is C22H27IN4O3. The Bertz CT molecular complexity index is 872. The van der Waals surface area contributed by atoms with Crippen LogP contribution in [0.2, 0.25) is 0 Å². The maximum absolute atomic E-state index is 12.7. The van der Waals surface area contributed by atoms with Crippen LogP contribution in [0.4, 0.5) is 0 Å². The molecule has 1 aromatic carbocycles. The summed E-state index contributed by atoms with van der Waals surface area (Å²) in [6, 6.07) is 8.00. The highest BCUT2D eigenvalue weighted by Crippen LogP contribution is 2.52. The summed E-state index contributed by atoms with van der Waals surface area (Å²) in [5, 5.41) is 3.27. The second kappa shape index (κ2) is 8.56. The van der Waals surface area contributed by atoms with Gasteiger partial charge in [0.15, 0.2) is 5.96 Å². The van der Waals surface area contributed by atoms with Crippen molar-refractivity contribution < 1.29 is 14.3 Å². The van der Waals surface area contributed by atoms with Gasteiger partial charge in [-0.1, -0.05) is 30.4 Å². The van der Waals surface area contributed by atoms with Crippen LogP contribution in [0.5, 0.6) is 5.75 Å². The number of likely N-dealkylation sites (tertiary alicyclic amines) is 1. The van der Waals surface area contributed by atoms with E-state index >= 15 is 0 Å². The fraction of sp³-hybridized carbons (Fsp3) is 0.500. The largest absolute Gasteiger partial charge is 0.493 e. The third kappa shape index (κ3) is 3.59. The highest BCUT2D eigenvalue weighted by atomic mass is 127. The molecule has 5 atom stereocenters. The Hall–Kier alpha value is -2.10. The lowest BCUT2D eigenvalue weighted by atomic mass is 9.85. The van der Waals surface area contributed by atoms with E-state index in [0.717, 1.165) is 24.2 Å². The Morgan fingerprint density at radius 1 is 1.17 bits per heavy atom. The third-order valence-corrected chi connectivity index (χ3v) is 6.66. The Morgan fingerprint density at radius 3 is 2.60 bits per heavy atom. The first-order valence-corrected chi connectivity index (χ1v) is 10.4. The topological polar surface area (TPSA) is 97.0 Å². The summed E-state index contributed by atoms with van der Waals surface area (Å²) in [6.45, 7) is 1.53. The van der Waals surface area contributed by atoms with Crippen LogP contribution in [-0.2, 0) is 9.59 Å². The van der Waals surface area contributed by atoms with Crippen molar-refractivity contribution in [2.45, 2.75) is 25.3 Å². The zero-order valence-electron chi connectivity index (χ0n) is 16.7. The summed E-state index contributed by atoms with van der Waals surface area (Å²) < 4.78 is 5.67. The number of imide groups is 1. The van der Waals surface area contributed by atoms with Crippen LogP contribution in [0, 0.1) is 23.7 Å². The van der Waals surface area contributed by atoms with Crippen LogP contribution >= 0.6 is 24.0 Å².